The fraction of sp³-hybridized carbons (Fsp3) is 0.200. The van der Waals surface area contributed by atoms with E-state index in [1.54, 1.807) is 34.5 Å². The summed E-state index contributed by atoms with van der Waals surface area (Å²) in [7, 11) is 0. The second kappa shape index (κ2) is 8.78. The summed E-state index contributed by atoms with van der Waals surface area (Å²) in [6.07, 6.45) is 1.58. The van der Waals surface area contributed by atoms with Gasteiger partial charge in [0.1, 0.15) is 0 Å². The van der Waals surface area contributed by atoms with E-state index in [0.29, 0.717) is 36.1 Å². The van der Waals surface area contributed by atoms with Crippen LogP contribution in [-0.4, -0.2) is 35.9 Å². The van der Waals surface area contributed by atoms with Gasteiger partial charge in [-0.3, -0.25) is 14.5 Å². The minimum absolute atomic E-state index is 0.142. The Morgan fingerprint density at radius 3 is 2.77 bits per heavy atom. The number of aromatic nitrogens is 1. The summed E-state index contributed by atoms with van der Waals surface area (Å²) in [5, 5.41) is 10.7. The molecule has 2 aromatic heterocycles. The first-order chi connectivity index (χ1) is 14.6. The summed E-state index contributed by atoms with van der Waals surface area (Å²) >= 11 is 1.35. The molecule has 0 spiro atoms. The van der Waals surface area contributed by atoms with Gasteiger partial charge in [0.05, 0.1) is 18.4 Å². The Morgan fingerprint density at radius 1 is 1.23 bits per heavy atom. The molecular weight excluding hydrogens is 406 g/mol. The van der Waals surface area contributed by atoms with Crippen LogP contribution in [0, 0.1) is 0 Å². The minimum atomic E-state index is -0.324. The molecule has 3 heterocycles. The van der Waals surface area contributed by atoms with E-state index in [4.69, 9.17) is 4.42 Å². The number of carbonyl (C=O) groups is 3. The Kier molecular flexibility index (Phi) is 5.75. The number of anilines is 2. The third kappa shape index (κ3) is 4.66. The highest BCUT2D eigenvalue weighted by molar-refractivity contribution is 7.14. The molecule has 30 heavy (non-hydrogen) atoms. The van der Waals surface area contributed by atoms with Crippen molar-refractivity contribution in [3.63, 3.8) is 0 Å². The van der Waals surface area contributed by atoms with Crippen LogP contribution in [0.15, 0.2) is 52.5 Å². The van der Waals surface area contributed by atoms with E-state index >= 15 is 0 Å². The van der Waals surface area contributed by atoms with E-state index in [1.165, 1.54) is 17.6 Å². The lowest BCUT2D eigenvalue weighted by Gasteiger charge is -2.09. The Hall–Kier alpha value is -3.66. The largest absolute Gasteiger partial charge is 0.459 e. The van der Waals surface area contributed by atoms with Gasteiger partial charge in [0.15, 0.2) is 10.9 Å². The Balaban J connectivity index is 1.25. The first-order valence-corrected chi connectivity index (χ1v) is 10.2. The summed E-state index contributed by atoms with van der Waals surface area (Å²) in [4.78, 5) is 41.8. The van der Waals surface area contributed by atoms with Gasteiger partial charge in [0.2, 0.25) is 5.91 Å². The first kappa shape index (κ1) is 19.6. The van der Waals surface area contributed by atoms with Gasteiger partial charge in [-0.25, -0.2) is 9.78 Å². The summed E-state index contributed by atoms with van der Waals surface area (Å²) in [5.74, 6) is -0.245. The van der Waals surface area contributed by atoms with Gasteiger partial charge in [-0.1, -0.05) is 12.1 Å². The van der Waals surface area contributed by atoms with Crippen molar-refractivity contribution in [2.24, 2.45) is 0 Å². The number of nitrogens with zero attached hydrogens (tertiary/aromatic N) is 2. The Morgan fingerprint density at radius 2 is 2.07 bits per heavy atom. The standard InChI is InChI=1S/C20H19N5O4S/c26-17(10-15-12-30-20(24-15)25-8-7-21-19(25)28)22-11-13-3-5-14(6-4-13)23-18(27)16-2-1-9-29-16/h1-6,9,12H,7-8,10-11H2,(H,21,28)(H,22,26)(H,23,27). The van der Waals surface area contributed by atoms with Gasteiger partial charge in [0.25, 0.3) is 5.91 Å². The Bertz CT molecular complexity index is 1050. The van der Waals surface area contributed by atoms with E-state index in [2.05, 4.69) is 20.9 Å². The molecule has 0 saturated carbocycles. The monoisotopic (exact) mass is 425 g/mol. The predicted octanol–water partition coefficient (Wildman–Crippen LogP) is 2.38. The molecule has 3 N–H and O–H groups in total. The maximum Gasteiger partial charge on any atom is 0.323 e. The summed E-state index contributed by atoms with van der Waals surface area (Å²) < 4.78 is 5.05. The highest BCUT2D eigenvalue weighted by atomic mass is 32.1. The molecule has 0 atom stereocenters. The first-order valence-electron chi connectivity index (χ1n) is 9.29. The van der Waals surface area contributed by atoms with Gasteiger partial charge in [0, 0.05) is 30.7 Å². The van der Waals surface area contributed by atoms with Crippen LogP contribution < -0.4 is 20.9 Å². The number of rotatable bonds is 7. The third-order valence-electron chi connectivity index (χ3n) is 4.42. The number of hydrogen-bond donors (Lipinski definition) is 3. The highest BCUT2D eigenvalue weighted by Crippen LogP contribution is 2.22. The molecule has 1 aliphatic heterocycles. The molecule has 4 rings (SSSR count). The number of hydrogen-bond acceptors (Lipinski definition) is 6. The molecule has 1 aromatic carbocycles. The maximum atomic E-state index is 12.2. The van der Waals surface area contributed by atoms with Crippen LogP contribution in [0.3, 0.4) is 0 Å². The van der Waals surface area contributed by atoms with E-state index in [1.807, 2.05) is 12.1 Å². The van der Waals surface area contributed by atoms with Gasteiger partial charge in [-0.05, 0) is 29.8 Å². The van der Waals surface area contributed by atoms with Crippen LogP contribution in [0.4, 0.5) is 15.6 Å². The van der Waals surface area contributed by atoms with Crippen molar-refractivity contribution in [2.75, 3.05) is 23.3 Å². The fourth-order valence-electron chi connectivity index (χ4n) is 2.89. The van der Waals surface area contributed by atoms with Gasteiger partial charge < -0.3 is 20.4 Å². The van der Waals surface area contributed by atoms with E-state index < -0.39 is 0 Å². The second-order valence-corrected chi connectivity index (χ2v) is 7.42. The molecule has 1 fully saturated rings. The van der Waals surface area contributed by atoms with Gasteiger partial charge in [-0.2, -0.15) is 0 Å². The molecule has 1 aliphatic rings. The van der Waals surface area contributed by atoms with Crippen molar-refractivity contribution in [1.82, 2.24) is 15.6 Å². The van der Waals surface area contributed by atoms with Crippen molar-refractivity contribution >= 4 is 40.0 Å². The molecular formula is C20H19N5O4S. The minimum Gasteiger partial charge on any atom is -0.459 e. The van der Waals surface area contributed by atoms with Crippen LogP contribution in [0.5, 0.6) is 0 Å². The molecule has 3 aromatic rings. The number of carbonyl (C=O) groups excluding carboxylic acids is 3. The van der Waals surface area contributed by atoms with E-state index in [9.17, 15) is 14.4 Å². The quantitative estimate of drug-likeness (QED) is 0.537. The molecule has 154 valence electrons. The van der Waals surface area contributed by atoms with Crippen molar-refractivity contribution in [1.29, 1.82) is 0 Å². The van der Waals surface area contributed by atoms with E-state index in [-0.39, 0.29) is 30.0 Å². The summed E-state index contributed by atoms with van der Waals surface area (Å²) in [6.45, 7) is 1.53. The number of thiazole rings is 1. The molecule has 10 heteroatoms. The predicted molar refractivity (Wildman–Crippen MR) is 112 cm³/mol. The normalized spacial score (nSPS) is 13.2. The van der Waals surface area contributed by atoms with Crippen molar-refractivity contribution in [3.8, 4) is 0 Å². The smallest absolute Gasteiger partial charge is 0.323 e. The van der Waals surface area contributed by atoms with Crippen LogP contribution in [0.2, 0.25) is 0 Å². The lowest BCUT2D eigenvalue weighted by atomic mass is 10.2. The molecule has 4 amide bonds. The zero-order valence-corrected chi connectivity index (χ0v) is 16.7. The van der Waals surface area contributed by atoms with Crippen LogP contribution >= 0.6 is 11.3 Å². The second-order valence-electron chi connectivity index (χ2n) is 6.59. The SMILES string of the molecule is O=C(Cc1csc(N2CCNC2=O)n1)NCc1ccc(NC(=O)c2ccco2)cc1. The van der Waals surface area contributed by atoms with Crippen molar-refractivity contribution < 1.29 is 18.8 Å². The lowest BCUT2D eigenvalue weighted by Crippen LogP contribution is -2.27. The Labute approximate surface area is 176 Å². The fourth-order valence-corrected chi connectivity index (χ4v) is 3.74. The van der Waals surface area contributed by atoms with Crippen LogP contribution in [0.25, 0.3) is 0 Å². The van der Waals surface area contributed by atoms with Crippen molar-refractivity contribution in [3.05, 3.63) is 65.1 Å². The molecule has 1 saturated heterocycles. The molecule has 0 bridgehead atoms. The zero-order chi connectivity index (χ0) is 20.9. The topological polar surface area (TPSA) is 117 Å². The number of amides is 4. The number of nitrogens with one attached hydrogen (secondary N) is 3. The summed E-state index contributed by atoms with van der Waals surface area (Å²) in [5.41, 5.74) is 2.16. The van der Waals surface area contributed by atoms with Gasteiger partial charge >= 0.3 is 6.03 Å². The van der Waals surface area contributed by atoms with E-state index in [0.717, 1.165) is 5.56 Å². The molecule has 0 radical (unpaired) electrons. The molecule has 0 unspecified atom stereocenters. The maximum absolute atomic E-state index is 12.2. The lowest BCUT2D eigenvalue weighted by molar-refractivity contribution is -0.120. The van der Waals surface area contributed by atoms with Crippen LogP contribution in [0.1, 0.15) is 21.8 Å². The molecule has 9 nitrogen and oxygen atoms in total. The van der Waals surface area contributed by atoms with Crippen molar-refractivity contribution in [2.45, 2.75) is 13.0 Å². The number of benzene rings is 1. The summed E-state index contributed by atoms with van der Waals surface area (Å²) in [6, 6.07) is 10.2. The van der Waals surface area contributed by atoms with Crippen LogP contribution in [-0.2, 0) is 17.8 Å². The molecule has 0 aliphatic carbocycles. The number of urea groups is 1. The highest BCUT2D eigenvalue weighted by Gasteiger charge is 2.24. The van der Waals surface area contributed by atoms with Gasteiger partial charge in [-0.15, -0.1) is 11.3 Å². The zero-order valence-electron chi connectivity index (χ0n) is 15.9. The third-order valence-corrected chi connectivity index (χ3v) is 5.33. The number of furan rings is 1. The average molecular weight is 425 g/mol. The average Bonchev–Trinajstić information content (AvgIpc) is 3.49.